The summed E-state index contributed by atoms with van der Waals surface area (Å²) in [5.74, 6) is 1.05. The number of hydrogen-bond donors (Lipinski definition) is 0. The Bertz CT molecular complexity index is 349. The van der Waals surface area contributed by atoms with Gasteiger partial charge in [0.05, 0.1) is 12.0 Å². The minimum absolute atomic E-state index is 0.159. The molecule has 0 N–H and O–H groups in total. The predicted octanol–water partition coefficient (Wildman–Crippen LogP) is 4.48. The van der Waals surface area contributed by atoms with Crippen LogP contribution in [0.3, 0.4) is 0 Å². The molecule has 1 aromatic rings. The molecule has 1 nitrogen and oxygen atoms in total. The van der Waals surface area contributed by atoms with Gasteiger partial charge in [-0.15, -0.1) is 11.6 Å². The van der Waals surface area contributed by atoms with Gasteiger partial charge in [-0.1, -0.05) is 31.9 Å². The normalized spacial score (nSPS) is 16.4. The van der Waals surface area contributed by atoms with Crippen LogP contribution >= 0.6 is 11.6 Å². The van der Waals surface area contributed by atoms with E-state index in [1.807, 2.05) is 0 Å². The molecule has 1 unspecified atom stereocenters. The van der Waals surface area contributed by atoms with Crippen molar-refractivity contribution < 1.29 is 4.74 Å². The summed E-state index contributed by atoms with van der Waals surface area (Å²) < 4.78 is 5.60. The standard InChI is InChI=1S/C14H19ClO/c1-2-3-6-13(15)11-7-8-14-12(10-11)5-4-9-16-14/h7-8,10,13H,2-6,9H2,1H3. The molecule has 0 amide bonds. The molecule has 0 bridgehead atoms. The maximum absolute atomic E-state index is 6.39. The number of rotatable bonds is 4. The number of ether oxygens (including phenoxy) is 1. The fourth-order valence-electron chi connectivity index (χ4n) is 2.13. The van der Waals surface area contributed by atoms with Crippen molar-refractivity contribution in [1.82, 2.24) is 0 Å². The van der Waals surface area contributed by atoms with Crippen molar-refractivity contribution in [3.8, 4) is 5.75 Å². The molecule has 1 aromatic carbocycles. The molecule has 1 aliphatic rings. The first kappa shape index (κ1) is 11.8. The minimum atomic E-state index is 0.159. The van der Waals surface area contributed by atoms with Crippen LogP contribution in [0.5, 0.6) is 5.75 Å². The highest BCUT2D eigenvalue weighted by molar-refractivity contribution is 6.20. The first-order chi connectivity index (χ1) is 7.81. The SMILES string of the molecule is CCCCC(Cl)c1ccc2c(c1)CCCO2. The number of aryl methyl sites for hydroxylation is 1. The summed E-state index contributed by atoms with van der Waals surface area (Å²) in [5.41, 5.74) is 2.57. The molecule has 88 valence electrons. The van der Waals surface area contributed by atoms with Crippen LogP contribution in [0.4, 0.5) is 0 Å². The molecule has 1 aliphatic heterocycles. The molecule has 2 heteroatoms. The predicted molar refractivity (Wildman–Crippen MR) is 68.4 cm³/mol. The third kappa shape index (κ3) is 2.70. The van der Waals surface area contributed by atoms with E-state index in [0.29, 0.717) is 0 Å². The molecule has 0 radical (unpaired) electrons. The Kier molecular flexibility index (Phi) is 4.11. The lowest BCUT2D eigenvalue weighted by Gasteiger charge is -2.19. The molecular weight excluding hydrogens is 220 g/mol. The summed E-state index contributed by atoms with van der Waals surface area (Å²) >= 11 is 6.39. The van der Waals surface area contributed by atoms with E-state index in [2.05, 4.69) is 25.1 Å². The second-order valence-corrected chi connectivity index (χ2v) is 4.96. The van der Waals surface area contributed by atoms with Crippen LogP contribution in [0.1, 0.15) is 49.1 Å². The van der Waals surface area contributed by atoms with Crippen molar-refractivity contribution in [3.63, 3.8) is 0 Å². The molecule has 2 rings (SSSR count). The number of benzene rings is 1. The number of fused-ring (bicyclic) bond motifs is 1. The third-order valence-corrected chi connectivity index (χ3v) is 3.58. The Hall–Kier alpha value is -0.690. The summed E-state index contributed by atoms with van der Waals surface area (Å²) in [7, 11) is 0. The van der Waals surface area contributed by atoms with Gasteiger partial charge >= 0.3 is 0 Å². The van der Waals surface area contributed by atoms with Crippen LogP contribution in [-0.4, -0.2) is 6.61 Å². The number of halogens is 1. The van der Waals surface area contributed by atoms with Crippen LogP contribution < -0.4 is 4.74 Å². The fraction of sp³-hybridized carbons (Fsp3) is 0.571. The molecule has 0 aliphatic carbocycles. The maximum atomic E-state index is 6.39. The Labute approximate surface area is 103 Å². The van der Waals surface area contributed by atoms with E-state index < -0.39 is 0 Å². The zero-order chi connectivity index (χ0) is 11.4. The summed E-state index contributed by atoms with van der Waals surface area (Å²) in [6, 6.07) is 6.41. The first-order valence-corrected chi connectivity index (χ1v) is 6.64. The second-order valence-electron chi connectivity index (χ2n) is 4.43. The first-order valence-electron chi connectivity index (χ1n) is 6.21. The summed E-state index contributed by atoms with van der Waals surface area (Å²) in [6.07, 6.45) is 5.72. The number of hydrogen-bond acceptors (Lipinski definition) is 1. The van der Waals surface area contributed by atoms with Gasteiger partial charge in [0.25, 0.3) is 0 Å². The summed E-state index contributed by atoms with van der Waals surface area (Å²) in [4.78, 5) is 0. The van der Waals surface area contributed by atoms with E-state index in [4.69, 9.17) is 16.3 Å². The average molecular weight is 239 g/mol. The molecule has 0 aromatic heterocycles. The molecule has 1 atom stereocenters. The van der Waals surface area contributed by atoms with Gasteiger partial charge in [0, 0.05) is 0 Å². The molecule has 0 fully saturated rings. The van der Waals surface area contributed by atoms with E-state index in [9.17, 15) is 0 Å². The van der Waals surface area contributed by atoms with Crippen LogP contribution in [0.15, 0.2) is 18.2 Å². The van der Waals surface area contributed by atoms with Gasteiger partial charge in [0.2, 0.25) is 0 Å². The summed E-state index contributed by atoms with van der Waals surface area (Å²) in [5, 5.41) is 0.159. The molecule has 0 saturated heterocycles. The van der Waals surface area contributed by atoms with E-state index in [0.717, 1.165) is 31.6 Å². The third-order valence-electron chi connectivity index (χ3n) is 3.11. The monoisotopic (exact) mass is 238 g/mol. The Morgan fingerprint density at radius 2 is 2.31 bits per heavy atom. The van der Waals surface area contributed by atoms with E-state index in [1.165, 1.54) is 24.0 Å². The van der Waals surface area contributed by atoms with Crippen molar-refractivity contribution in [1.29, 1.82) is 0 Å². The fourth-order valence-corrected chi connectivity index (χ4v) is 2.42. The zero-order valence-corrected chi connectivity index (χ0v) is 10.6. The molecule has 16 heavy (non-hydrogen) atoms. The molecule has 0 spiro atoms. The molecular formula is C14H19ClO. The number of alkyl halides is 1. The quantitative estimate of drug-likeness (QED) is 0.703. The highest BCUT2D eigenvalue weighted by Gasteiger charge is 2.13. The Morgan fingerprint density at radius 1 is 1.44 bits per heavy atom. The zero-order valence-electron chi connectivity index (χ0n) is 9.84. The smallest absolute Gasteiger partial charge is 0.122 e. The van der Waals surface area contributed by atoms with Crippen molar-refractivity contribution in [2.75, 3.05) is 6.61 Å². The lowest BCUT2D eigenvalue weighted by molar-refractivity contribution is 0.288. The Balaban J connectivity index is 2.10. The van der Waals surface area contributed by atoms with Crippen molar-refractivity contribution in [2.45, 2.75) is 44.4 Å². The van der Waals surface area contributed by atoms with Crippen LogP contribution in [0, 0.1) is 0 Å². The lowest BCUT2D eigenvalue weighted by atomic mass is 10.00. The van der Waals surface area contributed by atoms with Crippen molar-refractivity contribution in [2.24, 2.45) is 0 Å². The van der Waals surface area contributed by atoms with Crippen molar-refractivity contribution in [3.05, 3.63) is 29.3 Å². The van der Waals surface area contributed by atoms with Gasteiger partial charge in [-0.05, 0) is 36.5 Å². The van der Waals surface area contributed by atoms with E-state index in [1.54, 1.807) is 0 Å². The summed E-state index contributed by atoms with van der Waals surface area (Å²) in [6.45, 7) is 3.05. The largest absolute Gasteiger partial charge is 0.493 e. The van der Waals surface area contributed by atoms with Crippen LogP contribution in [0.2, 0.25) is 0 Å². The van der Waals surface area contributed by atoms with Gasteiger partial charge in [-0.25, -0.2) is 0 Å². The van der Waals surface area contributed by atoms with Gasteiger partial charge in [-0.3, -0.25) is 0 Å². The van der Waals surface area contributed by atoms with E-state index in [-0.39, 0.29) is 5.38 Å². The highest BCUT2D eigenvalue weighted by atomic mass is 35.5. The maximum Gasteiger partial charge on any atom is 0.122 e. The van der Waals surface area contributed by atoms with Crippen molar-refractivity contribution >= 4 is 11.6 Å². The lowest BCUT2D eigenvalue weighted by Crippen LogP contribution is -2.08. The van der Waals surface area contributed by atoms with Gasteiger partial charge in [0.15, 0.2) is 0 Å². The van der Waals surface area contributed by atoms with Crippen LogP contribution in [0.25, 0.3) is 0 Å². The second kappa shape index (κ2) is 5.58. The number of unbranched alkanes of at least 4 members (excludes halogenated alkanes) is 1. The average Bonchev–Trinajstić information content (AvgIpc) is 2.35. The highest BCUT2D eigenvalue weighted by Crippen LogP contribution is 2.32. The molecule has 1 heterocycles. The van der Waals surface area contributed by atoms with Gasteiger partial charge in [-0.2, -0.15) is 0 Å². The van der Waals surface area contributed by atoms with Crippen LogP contribution in [-0.2, 0) is 6.42 Å². The van der Waals surface area contributed by atoms with Gasteiger partial charge < -0.3 is 4.74 Å². The minimum Gasteiger partial charge on any atom is -0.493 e. The topological polar surface area (TPSA) is 9.23 Å². The Morgan fingerprint density at radius 3 is 3.12 bits per heavy atom. The van der Waals surface area contributed by atoms with Gasteiger partial charge in [0.1, 0.15) is 5.75 Å². The molecule has 0 saturated carbocycles. The van der Waals surface area contributed by atoms with E-state index >= 15 is 0 Å².